The maximum atomic E-state index is 6.07. The van der Waals surface area contributed by atoms with E-state index in [0.29, 0.717) is 6.04 Å². The molecule has 134 valence electrons. The lowest BCUT2D eigenvalue weighted by molar-refractivity contribution is 0.392. The summed E-state index contributed by atoms with van der Waals surface area (Å²) in [6.07, 6.45) is 2.82. The van der Waals surface area contributed by atoms with Crippen LogP contribution in [0.4, 0.5) is 0 Å². The molecule has 2 aromatic rings. The zero-order valence-corrected chi connectivity index (χ0v) is 16.7. The summed E-state index contributed by atoms with van der Waals surface area (Å²) in [7, 11) is 1.79. The molecule has 0 spiro atoms. The fourth-order valence-corrected chi connectivity index (χ4v) is 3.63. The molecule has 0 saturated carbocycles. The Balaban J connectivity index is 1.51. The maximum absolute atomic E-state index is 6.07. The third-order valence-electron chi connectivity index (χ3n) is 4.22. The van der Waals surface area contributed by atoms with Crippen LogP contribution in [0.1, 0.15) is 23.6 Å². The highest BCUT2D eigenvalue weighted by Crippen LogP contribution is 2.21. The average molecular weight is 426 g/mol. The second-order valence-electron chi connectivity index (χ2n) is 6.12. The van der Waals surface area contributed by atoms with Crippen molar-refractivity contribution in [2.45, 2.75) is 38.8 Å². The van der Waals surface area contributed by atoms with E-state index in [1.807, 2.05) is 29.8 Å². The van der Waals surface area contributed by atoms with Crippen molar-refractivity contribution in [1.82, 2.24) is 25.4 Å². The highest BCUT2D eigenvalue weighted by atomic mass is 79.9. The molecule has 0 saturated heterocycles. The van der Waals surface area contributed by atoms with Gasteiger partial charge < -0.3 is 10.6 Å². The van der Waals surface area contributed by atoms with E-state index < -0.39 is 0 Å². The maximum Gasteiger partial charge on any atom is 0.191 e. The minimum absolute atomic E-state index is 0.303. The van der Waals surface area contributed by atoms with Gasteiger partial charge in [-0.15, -0.1) is 0 Å². The fraction of sp³-hybridized carbons (Fsp3) is 0.471. The normalized spacial score (nSPS) is 17.3. The molecule has 1 aromatic heterocycles. The zero-order chi connectivity index (χ0) is 17.8. The van der Waals surface area contributed by atoms with E-state index in [0.717, 1.165) is 59.5 Å². The van der Waals surface area contributed by atoms with Gasteiger partial charge >= 0.3 is 0 Å². The van der Waals surface area contributed by atoms with Gasteiger partial charge in [0.15, 0.2) is 5.96 Å². The Bertz CT molecular complexity index is 772. The van der Waals surface area contributed by atoms with Crippen LogP contribution in [0, 0.1) is 6.92 Å². The number of aromatic nitrogens is 3. The van der Waals surface area contributed by atoms with Crippen LogP contribution in [0.2, 0.25) is 5.02 Å². The molecule has 1 unspecified atom stereocenters. The molecule has 0 bridgehead atoms. The van der Waals surface area contributed by atoms with E-state index in [9.17, 15) is 0 Å². The van der Waals surface area contributed by atoms with Crippen LogP contribution in [-0.4, -0.2) is 40.4 Å². The molecule has 1 aliphatic heterocycles. The predicted octanol–water partition coefficient (Wildman–Crippen LogP) is 2.72. The number of nitrogens with one attached hydrogen (secondary N) is 2. The number of hydrogen-bond donors (Lipinski definition) is 2. The van der Waals surface area contributed by atoms with Crippen molar-refractivity contribution in [2.75, 3.05) is 13.6 Å². The predicted molar refractivity (Wildman–Crippen MR) is 104 cm³/mol. The number of rotatable bonds is 4. The minimum Gasteiger partial charge on any atom is -0.356 e. The number of halogens is 2. The first-order chi connectivity index (χ1) is 12.0. The minimum atomic E-state index is 0.303. The Kier molecular flexibility index (Phi) is 5.96. The van der Waals surface area contributed by atoms with Crippen molar-refractivity contribution in [3.8, 4) is 0 Å². The summed E-state index contributed by atoms with van der Waals surface area (Å²) in [5, 5.41) is 12.0. The molecule has 3 rings (SSSR count). The van der Waals surface area contributed by atoms with Crippen LogP contribution < -0.4 is 10.6 Å². The van der Waals surface area contributed by atoms with E-state index in [2.05, 4.69) is 41.6 Å². The molecular formula is C17H22BrClN6. The summed E-state index contributed by atoms with van der Waals surface area (Å²) < 4.78 is 3.07. The van der Waals surface area contributed by atoms with Crippen molar-refractivity contribution < 1.29 is 0 Å². The van der Waals surface area contributed by atoms with Crippen LogP contribution in [-0.2, 0) is 19.4 Å². The monoisotopic (exact) mass is 424 g/mol. The second-order valence-corrected chi connectivity index (χ2v) is 7.41. The molecule has 2 N–H and O–H groups in total. The third kappa shape index (κ3) is 4.73. The Morgan fingerprint density at radius 2 is 2.32 bits per heavy atom. The van der Waals surface area contributed by atoms with Crippen LogP contribution in [0.3, 0.4) is 0 Å². The lowest BCUT2D eigenvalue weighted by atomic mass is 10.1. The third-order valence-corrected chi connectivity index (χ3v) is 5.23. The van der Waals surface area contributed by atoms with E-state index in [1.165, 1.54) is 5.56 Å². The Morgan fingerprint density at radius 1 is 1.48 bits per heavy atom. The molecule has 0 aliphatic carbocycles. The summed E-state index contributed by atoms with van der Waals surface area (Å²) in [5.41, 5.74) is 1.18. The van der Waals surface area contributed by atoms with Crippen LogP contribution in [0.15, 0.2) is 27.7 Å². The van der Waals surface area contributed by atoms with Gasteiger partial charge in [-0.1, -0.05) is 27.5 Å². The molecule has 6 nitrogen and oxygen atoms in total. The van der Waals surface area contributed by atoms with Crippen molar-refractivity contribution in [1.29, 1.82) is 0 Å². The zero-order valence-electron chi connectivity index (χ0n) is 14.4. The molecule has 1 aliphatic rings. The van der Waals surface area contributed by atoms with Crippen molar-refractivity contribution in [2.24, 2.45) is 4.99 Å². The largest absolute Gasteiger partial charge is 0.356 e. The van der Waals surface area contributed by atoms with Gasteiger partial charge in [-0.05, 0) is 43.5 Å². The van der Waals surface area contributed by atoms with Gasteiger partial charge in [0, 0.05) is 35.6 Å². The molecular weight excluding hydrogens is 404 g/mol. The molecule has 0 radical (unpaired) electrons. The summed E-state index contributed by atoms with van der Waals surface area (Å²) in [6.45, 7) is 3.53. The number of fused-ring (bicyclic) bond motifs is 1. The standard InChI is InChI=1S/C17H22BrClN6/c1-11-22-16-6-4-14(10-25(16)24-11)23-17(20-2)21-8-7-12-9-13(19)3-5-15(12)18/h3,5,9,14H,4,6-8,10H2,1-2H3,(H2,20,21,23). The number of guanidine groups is 1. The Hall–Kier alpha value is -1.60. The summed E-state index contributed by atoms with van der Waals surface area (Å²) in [5.74, 6) is 2.72. The lowest BCUT2D eigenvalue weighted by Gasteiger charge is -2.25. The number of hydrogen-bond acceptors (Lipinski definition) is 3. The second kappa shape index (κ2) is 8.19. The first kappa shape index (κ1) is 18.2. The molecule has 1 aromatic carbocycles. The highest BCUT2D eigenvalue weighted by Gasteiger charge is 2.21. The van der Waals surface area contributed by atoms with Gasteiger partial charge in [0.1, 0.15) is 11.6 Å². The van der Waals surface area contributed by atoms with Crippen LogP contribution in [0.5, 0.6) is 0 Å². The average Bonchev–Trinajstić information content (AvgIpc) is 2.96. The van der Waals surface area contributed by atoms with Gasteiger partial charge in [0.2, 0.25) is 0 Å². The number of aliphatic imine (C=N–C) groups is 1. The molecule has 25 heavy (non-hydrogen) atoms. The van der Waals surface area contributed by atoms with Crippen molar-refractivity contribution >= 4 is 33.5 Å². The SMILES string of the molecule is CN=C(NCCc1cc(Cl)ccc1Br)NC1CCc2nc(C)nn2C1. The summed E-state index contributed by atoms with van der Waals surface area (Å²) >= 11 is 9.63. The number of nitrogens with zero attached hydrogens (tertiary/aromatic N) is 4. The smallest absolute Gasteiger partial charge is 0.191 e. The number of aryl methyl sites for hydroxylation is 2. The van der Waals surface area contributed by atoms with Crippen molar-refractivity contribution in [3.05, 3.63) is 44.9 Å². The number of benzene rings is 1. The molecule has 0 amide bonds. The topological polar surface area (TPSA) is 67.1 Å². The van der Waals surface area contributed by atoms with E-state index in [4.69, 9.17) is 11.6 Å². The van der Waals surface area contributed by atoms with Crippen LogP contribution >= 0.6 is 27.5 Å². The van der Waals surface area contributed by atoms with Gasteiger partial charge in [0.25, 0.3) is 0 Å². The summed E-state index contributed by atoms with van der Waals surface area (Å²) in [4.78, 5) is 8.77. The van der Waals surface area contributed by atoms with Crippen LogP contribution in [0.25, 0.3) is 0 Å². The van der Waals surface area contributed by atoms with Gasteiger partial charge in [-0.25, -0.2) is 9.67 Å². The molecule has 8 heteroatoms. The molecule has 1 atom stereocenters. The van der Waals surface area contributed by atoms with Gasteiger partial charge in [-0.2, -0.15) is 5.10 Å². The first-order valence-electron chi connectivity index (χ1n) is 8.36. The van der Waals surface area contributed by atoms with E-state index >= 15 is 0 Å². The van der Waals surface area contributed by atoms with E-state index in [1.54, 1.807) is 7.05 Å². The van der Waals surface area contributed by atoms with Gasteiger partial charge in [-0.3, -0.25) is 4.99 Å². The summed E-state index contributed by atoms with van der Waals surface area (Å²) in [6, 6.07) is 6.15. The quantitative estimate of drug-likeness (QED) is 0.584. The first-order valence-corrected chi connectivity index (χ1v) is 9.53. The van der Waals surface area contributed by atoms with Crippen molar-refractivity contribution in [3.63, 3.8) is 0 Å². The molecule has 2 heterocycles. The highest BCUT2D eigenvalue weighted by molar-refractivity contribution is 9.10. The Morgan fingerprint density at radius 3 is 3.12 bits per heavy atom. The van der Waals surface area contributed by atoms with Gasteiger partial charge in [0.05, 0.1) is 6.54 Å². The fourth-order valence-electron chi connectivity index (χ4n) is 2.99. The lowest BCUT2D eigenvalue weighted by Crippen LogP contribution is -2.47. The van der Waals surface area contributed by atoms with E-state index in [-0.39, 0.29) is 0 Å². The molecule has 0 fully saturated rings. The Labute approximate surface area is 161 Å².